The lowest BCUT2D eigenvalue weighted by Crippen LogP contribution is -2.51. The zero-order chi connectivity index (χ0) is 19.9. The Morgan fingerprint density at radius 3 is 2.25 bits per heavy atom. The highest BCUT2D eigenvalue weighted by Gasteiger charge is 2.54. The van der Waals surface area contributed by atoms with Gasteiger partial charge in [-0.3, -0.25) is 4.79 Å². The van der Waals surface area contributed by atoms with Gasteiger partial charge in [-0.15, -0.1) is 0 Å². The van der Waals surface area contributed by atoms with Crippen LogP contribution in [0.3, 0.4) is 0 Å². The van der Waals surface area contributed by atoms with Crippen LogP contribution in [0.5, 0.6) is 5.75 Å². The van der Waals surface area contributed by atoms with Crippen molar-refractivity contribution in [3.8, 4) is 5.75 Å². The van der Waals surface area contributed by atoms with E-state index in [1.165, 1.54) is 19.3 Å². The van der Waals surface area contributed by atoms with Crippen LogP contribution >= 0.6 is 0 Å². The molecule has 0 saturated heterocycles. The summed E-state index contributed by atoms with van der Waals surface area (Å²) in [6.45, 7) is 0. The second kappa shape index (κ2) is 7.00. The Balaban J connectivity index is 1.53. The first-order chi connectivity index (χ1) is 13.4. The summed E-state index contributed by atoms with van der Waals surface area (Å²) in [5.74, 6) is 2.59. The molecule has 1 aromatic carbocycles. The molecule has 8 nitrogen and oxygen atoms in total. The number of guanidine groups is 2. The summed E-state index contributed by atoms with van der Waals surface area (Å²) in [4.78, 5) is 21.1. The normalized spacial score (nSPS) is 30.8. The maximum atomic E-state index is 13.3. The number of carbonyl (C=O) groups excluding carboxylic acids is 1. The molecule has 1 aromatic rings. The predicted octanol–water partition coefficient (Wildman–Crippen LogP) is 2.07. The van der Waals surface area contributed by atoms with Crippen molar-refractivity contribution < 1.29 is 9.53 Å². The molecule has 150 valence electrons. The van der Waals surface area contributed by atoms with Crippen LogP contribution in [0.15, 0.2) is 28.2 Å². The van der Waals surface area contributed by atoms with Gasteiger partial charge in [0.15, 0.2) is 5.96 Å². The third-order valence-electron chi connectivity index (χ3n) is 6.44. The Morgan fingerprint density at radius 1 is 1.11 bits per heavy atom. The zero-order valence-corrected chi connectivity index (χ0v) is 16.1. The number of benzene rings is 1. The highest BCUT2D eigenvalue weighted by molar-refractivity contribution is 5.97. The van der Waals surface area contributed by atoms with Crippen LogP contribution in [0.1, 0.15) is 38.5 Å². The molecule has 4 bridgehead atoms. The summed E-state index contributed by atoms with van der Waals surface area (Å²) in [6.07, 6.45) is 6.97. The number of anilines is 1. The predicted molar refractivity (Wildman–Crippen MR) is 109 cm³/mol. The van der Waals surface area contributed by atoms with Crippen LogP contribution < -0.4 is 27.3 Å². The fourth-order valence-corrected chi connectivity index (χ4v) is 5.79. The standard InChI is InChI=1S/C20H28N6O2/c1-28-16-7-14(24-19(23)26-18(21)22)2-3-15(16)25-17(27)20-8-11-4-12(9-20)6-13(5-11)10-20/h2-3,7,11-13H,4-6,8-10H2,1H3,(H,25,27)(H6,21,22,23,24,26). The summed E-state index contributed by atoms with van der Waals surface area (Å²) in [5.41, 5.74) is 17.2. The number of carbonyl (C=O) groups is 1. The van der Waals surface area contributed by atoms with Crippen molar-refractivity contribution in [1.29, 1.82) is 0 Å². The molecule has 4 aliphatic carbocycles. The third-order valence-corrected chi connectivity index (χ3v) is 6.44. The molecule has 0 aromatic heterocycles. The van der Waals surface area contributed by atoms with E-state index in [1.807, 2.05) is 0 Å². The molecule has 0 heterocycles. The molecule has 0 aliphatic heterocycles. The van der Waals surface area contributed by atoms with Crippen LogP contribution in [0.4, 0.5) is 11.4 Å². The van der Waals surface area contributed by atoms with Gasteiger partial charge in [-0.2, -0.15) is 4.99 Å². The Hall–Kier alpha value is -2.77. The van der Waals surface area contributed by atoms with Crippen molar-refractivity contribution in [1.82, 2.24) is 0 Å². The maximum Gasteiger partial charge on any atom is 0.230 e. The zero-order valence-electron chi connectivity index (χ0n) is 16.1. The molecule has 5 rings (SSSR count). The lowest BCUT2D eigenvalue weighted by Gasteiger charge is -2.55. The van der Waals surface area contributed by atoms with E-state index in [1.54, 1.807) is 25.3 Å². The largest absolute Gasteiger partial charge is 0.494 e. The number of aliphatic imine (C=N–C) groups is 2. The molecule has 7 N–H and O–H groups in total. The molecule has 0 spiro atoms. The molecule has 4 aliphatic rings. The molecule has 1 amide bonds. The van der Waals surface area contributed by atoms with Gasteiger partial charge in [0, 0.05) is 6.07 Å². The van der Waals surface area contributed by atoms with E-state index in [-0.39, 0.29) is 23.2 Å². The number of nitrogens with one attached hydrogen (secondary N) is 1. The van der Waals surface area contributed by atoms with Crippen LogP contribution in [0.2, 0.25) is 0 Å². The van der Waals surface area contributed by atoms with Crippen molar-refractivity contribution in [2.75, 3.05) is 12.4 Å². The Bertz CT molecular complexity index is 808. The van der Waals surface area contributed by atoms with Gasteiger partial charge in [0.1, 0.15) is 5.75 Å². The van der Waals surface area contributed by atoms with E-state index in [9.17, 15) is 4.79 Å². The fourth-order valence-electron chi connectivity index (χ4n) is 5.79. The molecule has 0 atom stereocenters. The number of nitrogens with two attached hydrogens (primary N) is 3. The van der Waals surface area contributed by atoms with Gasteiger partial charge >= 0.3 is 0 Å². The molecule has 8 heteroatoms. The minimum atomic E-state index is -0.214. The van der Waals surface area contributed by atoms with Gasteiger partial charge in [0.2, 0.25) is 11.9 Å². The summed E-state index contributed by atoms with van der Waals surface area (Å²) >= 11 is 0. The van der Waals surface area contributed by atoms with Crippen molar-refractivity contribution in [3.05, 3.63) is 18.2 Å². The number of nitrogens with zero attached hydrogens (tertiary/aromatic N) is 2. The van der Waals surface area contributed by atoms with Crippen LogP contribution in [-0.4, -0.2) is 24.9 Å². The van der Waals surface area contributed by atoms with E-state index >= 15 is 0 Å². The topological polar surface area (TPSA) is 141 Å². The van der Waals surface area contributed by atoms with E-state index in [2.05, 4.69) is 15.3 Å². The number of amides is 1. The molecule has 0 radical (unpaired) electrons. The van der Waals surface area contributed by atoms with Gasteiger partial charge in [-0.1, -0.05) is 0 Å². The number of hydrogen-bond donors (Lipinski definition) is 4. The third kappa shape index (κ3) is 3.50. The number of methoxy groups -OCH3 is 1. The summed E-state index contributed by atoms with van der Waals surface area (Å²) < 4.78 is 5.46. The lowest BCUT2D eigenvalue weighted by atomic mass is 9.49. The highest BCUT2D eigenvalue weighted by Crippen LogP contribution is 2.60. The molecular formula is C20H28N6O2. The summed E-state index contributed by atoms with van der Waals surface area (Å²) in [7, 11) is 1.56. The van der Waals surface area contributed by atoms with Gasteiger partial charge in [0.05, 0.1) is 23.9 Å². The van der Waals surface area contributed by atoms with E-state index in [0.29, 0.717) is 34.9 Å². The first-order valence-corrected chi connectivity index (χ1v) is 9.80. The first kappa shape index (κ1) is 18.6. The summed E-state index contributed by atoms with van der Waals surface area (Å²) in [6, 6.07) is 5.22. The van der Waals surface area contributed by atoms with E-state index in [4.69, 9.17) is 21.9 Å². The van der Waals surface area contributed by atoms with Crippen LogP contribution in [0.25, 0.3) is 0 Å². The van der Waals surface area contributed by atoms with Gasteiger partial charge in [0.25, 0.3) is 0 Å². The van der Waals surface area contributed by atoms with Crippen molar-refractivity contribution >= 4 is 29.2 Å². The van der Waals surface area contributed by atoms with Gasteiger partial charge in [-0.05, 0) is 68.4 Å². The van der Waals surface area contributed by atoms with Crippen LogP contribution in [0, 0.1) is 23.2 Å². The maximum absolute atomic E-state index is 13.3. The number of ether oxygens (including phenoxy) is 1. The Morgan fingerprint density at radius 2 is 1.71 bits per heavy atom. The molecule has 4 saturated carbocycles. The quantitative estimate of drug-likeness (QED) is 0.464. The second-order valence-corrected chi connectivity index (χ2v) is 8.54. The fraction of sp³-hybridized carbons (Fsp3) is 0.550. The number of hydrogen-bond acceptors (Lipinski definition) is 3. The minimum Gasteiger partial charge on any atom is -0.494 e. The molecule has 0 unspecified atom stereocenters. The minimum absolute atomic E-state index is 0.0487. The average molecular weight is 384 g/mol. The van der Waals surface area contributed by atoms with E-state index in [0.717, 1.165) is 19.3 Å². The number of rotatable bonds is 4. The van der Waals surface area contributed by atoms with E-state index < -0.39 is 0 Å². The SMILES string of the molecule is COc1cc(N=C(N)N=C(N)N)ccc1NC(=O)C12CC3CC(CC(C3)C1)C2. The molecular weight excluding hydrogens is 356 g/mol. The Labute approximate surface area is 164 Å². The molecule has 4 fully saturated rings. The highest BCUT2D eigenvalue weighted by atomic mass is 16.5. The van der Waals surface area contributed by atoms with Gasteiger partial charge < -0.3 is 27.3 Å². The lowest BCUT2D eigenvalue weighted by molar-refractivity contribution is -0.140. The van der Waals surface area contributed by atoms with Crippen LogP contribution in [-0.2, 0) is 4.79 Å². The average Bonchev–Trinajstić information content (AvgIpc) is 2.61. The molecule has 28 heavy (non-hydrogen) atoms. The van der Waals surface area contributed by atoms with Gasteiger partial charge in [-0.25, -0.2) is 4.99 Å². The Kier molecular flexibility index (Phi) is 4.64. The first-order valence-electron chi connectivity index (χ1n) is 9.80. The second-order valence-electron chi connectivity index (χ2n) is 8.54. The summed E-state index contributed by atoms with van der Waals surface area (Å²) in [5, 5.41) is 3.12. The van der Waals surface area contributed by atoms with Crippen molar-refractivity contribution in [3.63, 3.8) is 0 Å². The van der Waals surface area contributed by atoms with Crippen molar-refractivity contribution in [2.24, 2.45) is 50.4 Å². The van der Waals surface area contributed by atoms with Crippen molar-refractivity contribution in [2.45, 2.75) is 38.5 Å². The smallest absolute Gasteiger partial charge is 0.230 e. The monoisotopic (exact) mass is 384 g/mol.